The number of aliphatic imine (C=N–C) groups is 1. The van der Waals surface area contributed by atoms with Gasteiger partial charge in [-0.25, -0.2) is 9.38 Å². The van der Waals surface area contributed by atoms with Crippen molar-refractivity contribution in [3.8, 4) is 16.9 Å². The number of rotatable bonds is 10. The molecule has 2 N–H and O–H groups in total. The smallest absolute Gasteiger partial charge is 0.414 e. The highest BCUT2D eigenvalue weighted by molar-refractivity contribution is 6.11. The Morgan fingerprint density at radius 3 is 2.31 bits per heavy atom. The summed E-state index contributed by atoms with van der Waals surface area (Å²) in [5.74, 6) is -5.39. The van der Waals surface area contributed by atoms with Gasteiger partial charge in [0.05, 0.1) is 22.5 Å². The molecule has 0 spiro atoms. The SMILES string of the molecule is COCOc1cc(F)c(-c2ccc(N3CCN(C)CC3)c(NC(=O)C3C=NC(=O)C=C3C(F)(F)F)c2)cc1C(=O)NC(C)(C)CC(C)(C)C. The van der Waals surface area contributed by atoms with Gasteiger partial charge in [-0.2, -0.15) is 13.2 Å². The van der Waals surface area contributed by atoms with E-state index in [4.69, 9.17) is 9.47 Å². The van der Waals surface area contributed by atoms with E-state index in [2.05, 4.69) is 20.5 Å². The van der Waals surface area contributed by atoms with Crippen molar-refractivity contribution in [2.24, 2.45) is 16.3 Å². The van der Waals surface area contributed by atoms with Crippen LogP contribution in [0.25, 0.3) is 11.1 Å². The molecule has 0 aromatic heterocycles. The number of nitrogens with one attached hydrogen (secondary N) is 2. The van der Waals surface area contributed by atoms with Gasteiger partial charge in [-0.3, -0.25) is 14.4 Å². The molecular formula is C35H43F4N5O5. The van der Waals surface area contributed by atoms with Crippen molar-refractivity contribution in [1.29, 1.82) is 0 Å². The van der Waals surface area contributed by atoms with Crippen LogP contribution in [0.15, 0.2) is 47.0 Å². The number of amides is 3. The third kappa shape index (κ3) is 9.66. The van der Waals surface area contributed by atoms with Crippen molar-refractivity contribution in [2.45, 2.75) is 52.8 Å². The lowest BCUT2D eigenvalue weighted by atomic mass is 9.81. The second-order valence-corrected chi connectivity index (χ2v) is 14.2. The van der Waals surface area contributed by atoms with Crippen LogP contribution >= 0.6 is 0 Å². The molecule has 2 aliphatic rings. The van der Waals surface area contributed by atoms with Crippen LogP contribution in [-0.2, 0) is 14.3 Å². The lowest BCUT2D eigenvalue weighted by molar-refractivity contribution is -0.124. The van der Waals surface area contributed by atoms with E-state index in [-0.39, 0.29) is 40.3 Å². The van der Waals surface area contributed by atoms with E-state index in [1.807, 2.05) is 46.6 Å². The molecule has 0 aliphatic carbocycles. The summed E-state index contributed by atoms with van der Waals surface area (Å²) in [7, 11) is 3.34. The molecule has 1 unspecified atom stereocenters. The minimum atomic E-state index is -4.96. The normalized spacial score (nSPS) is 17.5. The standard InChI is InChI=1S/C35H43F4N5O5/c1-33(2,3)19-34(4,5)42-32(47)23-15-22(26(36)17-29(23)49-20-48-7)21-8-9-28(44-12-10-43(6)11-13-44)27(14-21)41-31(46)24-18-40-30(45)16-25(24)35(37,38)39/h8-9,14-18,24H,10-13,19-20H2,1-7H3,(H,41,46)(H,42,47). The van der Waals surface area contributed by atoms with E-state index >= 15 is 4.39 Å². The maximum absolute atomic E-state index is 15.8. The van der Waals surface area contributed by atoms with Crippen LogP contribution in [0, 0.1) is 17.2 Å². The molecule has 2 heterocycles. The number of hydrogen-bond donors (Lipinski definition) is 2. The first-order valence-electron chi connectivity index (χ1n) is 15.8. The minimum absolute atomic E-state index is 0.00956. The Hall–Kier alpha value is -4.30. The lowest BCUT2D eigenvalue weighted by Crippen LogP contribution is -2.45. The van der Waals surface area contributed by atoms with Crippen molar-refractivity contribution >= 4 is 35.3 Å². The molecule has 10 nitrogen and oxygen atoms in total. The van der Waals surface area contributed by atoms with E-state index < -0.39 is 46.7 Å². The second-order valence-electron chi connectivity index (χ2n) is 14.2. The van der Waals surface area contributed by atoms with E-state index in [1.54, 1.807) is 12.1 Å². The van der Waals surface area contributed by atoms with Crippen molar-refractivity contribution in [3.63, 3.8) is 0 Å². The highest BCUT2D eigenvalue weighted by atomic mass is 19.4. The summed E-state index contributed by atoms with van der Waals surface area (Å²) in [5.41, 5.74) is -1.19. The van der Waals surface area contributed by atoms with Gasteiger partial charge in [-0.05, 0) is 56.5 Å². The lowest BCUT2D eigenvalue weighted by Gasteiger charge is -2.35. The molecule has 0 saturated carbocycles. The van der Waals surface area contributed by atoms with E-state index in [0.717, 1.165) is 6.07 Å². The minimum Gasteiger partial charge on any atom is -0.467 e. The van der Waals surface area contributed by atoms with Crippen molar-refractivity contribution in [1.82, 2.24) is 10.2 Å². The first-order chi connectivity index (χ1) is 22.8. The van der Waals surface area contributed by atoms with Gasteiger partial charge in [0.15, 0.2) is 6.79 Å². The fourth-order valence-electron chi connectivity index (χ4n) is 6.23. The summed E-state index contributed by atoms with van der Waals surface area (Å²) in [4.78, 5) is 46.2. The van der Waals surface area contributed by atoms with E-state index in [1.165, 1.54) is 19.2 Å². The van der Waals surface area contributed by atoms with Gasteiger partial charge in [0.2, 0.25) is 5.91 Å². The summed E-state index contributed by atoms with van der Waals surface area (Å²) in [5, 5.41) is 5.59. The Kier molecular flexibility index (Phi) is 11.2. The Labute approximate surface area is 283 Å². The summed E-state index contributed by atoms with van der Waals surface area (Å²) in [6.07, 6.45) is -3.35. The number of halogens is 4. The summed E-state index contributed by atoms with van der Waals surface area (Å²) in [6, 6.07) is 7.12. The van der Waals surface area contributed by atoms with Crippen molar-refractivity contribution in [3.05, 3.63) is 53.4 Å². The molecule has 0 radical (unpaired) electrons. The van der Waals surface area contributed by atoms with Crippen LogP contribution in [0.4, 0.5) is 28.9 Å². The summed E-state index contributed by atoms with van der Waals surface area (Å²) >= 11 is 0. The van der Waals surface area contributed by atoms with Crippen LogP contribution in [0.3, 0.4) is 0 Å². The number of ether oxygens (including phenoxy) is 2. The average Bonchev–Trinajstić information content (AvgIpc) is 2.98. The predicted molar refractivity (Wildman–Crippen MR) is 179 cm³/mol. The highest BCUT2D eigenvalue weighted by Crippen LogP contribution is 2.38. The number of carbonyl (C=O) groups is 3. The van der Waals surface area contributed by atoms with Crippen LogP contribution in [-0.4, -0.2) is 87.7 Å². The fraction of sp³-hybridized carbons (Fsp3) is 0.486. The largest absolute Gasteiger partial charge is 0.467 e. The number of dihydropyridines is 1. The second kappa shape index (κ2) is 14.7. The maximum Gasteiger partial charge on any atom is 0.414 e. The third-order valence-electron chi connectivity index (χ3n) is 8.05. The molecule has 2 aromatic carbocycles. The first-order valence-corrected chi connectivity index (χ1v) is 15.8. The molecule has 1 atom stereocenters. The van der Waals surface area contributed by atoms with Gasteiger partial charge in [0, 0.05) is 62.7 Å². The molecule has 4 rings (SSSR count). The van der Waals surface area contributed by atoms with Crippen LogP contribution in [0.1, 0.15) is 51.4 Å². The fourth-order valence-corrected chi connectivity index (χ4v) is 6.23. The average molecular weight is 690 g/mol. The number of likely N-dealkylation sites (N-methyl/N-ethyl adjacent to an activating group) is 1. The Morgan fingerprint density at radius 2 is 1.69 bits per heavy atom. The molecule has 2 aromatic rings. The van der Waals surface area contributed by atoms with Gasteiger partial charge in [0.1, 0.15) is 17.5 Å². The molecule has 3 amide bonds. The number of anilines is 2. The number of piperazine rings is 1. The Balaban J connectivity index is 1.78. The van der Waals surface area contributed by atoms with Gasteiger partial charge in [0.25, 0.3) is 11.8 Å². The number of nitrogens with zero attached hydrogens (tertiary/aromatic N) is 3. The quantitative estimate of drug-likeness (QED) is 0.239. The molecule has 49 heavy (non-hydrogen) atoms. The molecule has 0 bridgehead atoms. The summed E-state index contributed by atoms with van der Waals surface area (Å²) < 4.78 is 67.9. The molecule has 266 valence electrons. The number of methoxy groups -OCH3 is 1. The van der Waals surface area contributed by atoms with E-state index in [0.29, 0.717) is 50.6 Å². The molecule has 2 aliphatic heterocycles. The van der Waals surface area contributed by atoms with E-state index in [9.17, 15) is 27.6 Å². The highest BCUT2D eigenvalue weighted by Gasteiger charge is 2.43. The number of alkyl halides is 3. The number of hydrogen-bond acceptors (Lipinski definition) is 7. The molecule has 1 saturated heterocycles. The van der Waals surface area contributed by atoms with Crippen LogP contribution in [0.5, 0.6) is 5.75 Å². The molecule has 1 fully saturated rings. The number of carbonyl (C=O) groups excluding carboxylic acids is 3. The Morgan fingerprint density at radius 1 is 1.02 bits per heavy atom. The summed E-state index contributed by atoms with van der Waals surface area (Å²) in [6.45, 7) is 12.2. The topological polar surface area (TPSA) is 113 Å². The Bertz CT molecular complexity index is 1640. The zero-order valence-electron chi connectivity index (χ0n) is 28.8. The van der Waals surface area contributed by atoms with Crippen molar-refractivity contribution in [2.75, 3.05) is 57.3 Å². The first kappa shape index (κ1) is 37.5. The van der Waals surface area contributed by atoms with Crippen LogP contribution < -0.4 is 20.3 Å². The maximum atomic E-state index is 15.8. The van der Waals surface area contributed by atoms with Gasteiger partial charge >= 0.3 is 6.18 Å². The molecular weight excluding hydrogens is 646 g/mol. The van der Waals surface area contributed by atoms with Crippen LogP contribution in [0.2, 0.25) is 0 Å². The van der Waals surface area contributed by atoms with Gasteiger partial charge in [-0.1, -0.05) is 26.8 Å². The third-order valence-corrected chi connectivity index (χ3v) is 8.05. The van der Waals surface area contributed by atoms with Gasteiger partial charge < -0.3 is 29.9 Å². The van der Waals surface area contributed by atoms with Crippen molar-refractivity contribution < 1.29 is 41.4 Å². The number of benzene rings is 2. The zero-order chi connectivity index (χ0) is 36.3. The predicted octanol–water partition coefficient (Wildman–Crippen LogP) is 5.83. The monoisotopic (exact) mass is 689 g/mol. The zero-order valence-corrected chi connectivity index (χ0v) is 28.8. The molecule has 14 heteroatoms. The van der Waals surface area contributed by atoms with Gasteiger partial charge in [-0.15, -0.1) is 0 Å².